The fourth-order valence-electron chi connectivity index (χ4n) is 1.34. The normalized spacial score (nSPS) is 9.89. The monoisotopic (exact) mass is 325 g/mol. The lowest BCUT2D eigenvalue weighted by molar-refractivity contribution is 0.475. The van der Waals surface area contributed by atoms with Crippen molar-refractivity contribution >= 4 is 27.5 Å². The van der Waals surface area contributed by atoms with Crippen LogP contribution >= 0.6 is 27.5 Å². The second kappa shape index (κ2) is 5.38. The third-order valence-corrected chi connectivity index (χ3v) is 3.06. The Kier molecular flexibility index (Phi) is 3.85. The van der Waals surface area contributed by atoms with Crippen LogP contribution in [-0.4, -0.2) is 0 Å². The summed E-state index contributed by atoms with van der Waals surface area (Å²) in [6.45, 7) is 0. The van der Waals surface area contributed by atoms with Gasteiger partial charge in [-0.25, -0.2) is 4.39 Å². The van der Waals surface area contributed by atoms with Crippen LogP contribution in [0.3, 0.4) is 0 Å². The second-order valence-corrected chi connectivity index (χ2v) is 4.72. The quantitative estimate of drug-likeness (QED) is 0.786. The fourth-order valence-corrected chi connectivity index (χ4v) is 1.75. The zero-order valence-corrected chi connectivity index (χ0v) is 11.3. The van der Waals surface area contributed by atoms with Gasteiger partial charge in [-0.2, -0.15) is 5.26 Å². The van der Waals surface area contributed by atoms with E-state index in [1.165, 1.54) is 18.2 Å². The highest BCUT2D eigenvalue weighted by Crippen LogP contribution is 2.29. The van der Waals surface area contributed by atoms with E-state index >= 15 is 0 Å². The maximum absolute atomic E-state index is 13.3. The van der Waals surface area contributed by atoms with Crippen molar-refractivity contribution < 1.29 is 9.13 Å². The van der Waals surface area contributed by atoms with E-state index in [0.29, 0.717) is 26.6 Å². The molecule has 0 atom stereocenters. The number of nitriles is 1. The van der Waals surface area contributed by atoms with Crippen LogP contribution in [0.15, 0.2) is 40.9 Å². The van der Waals surface area contributed by atoms with Gasteiger partial charge in [0.15, 0.2) is 0 Å². The summed E-state index contributed by atoms with van der Waals surface area (Å²) < 4.78 is 19.1. The van der Waals surface area contributed by atoms with Crippen LogP contribution in [0.2, 0.25) is 5.02 Å². The number of hydrogen-bond donors (Lipinski definition) is 0. The number of ether oxygens (including phenoxy) is 1. The van der Waals surface area contributed by atoms with E-state index in [0.717, 1.165) is 0 Å². The summed E-state index contributed by atoms with van der Waals surface area (Å²) in [5, 5.41) is 9.38. The standard InChI is InChI=1S/C13H6BrClFNO/c14-11-4-3-10(6-12(11)16)18-13-5-9(15)2-1-8(13)7-17/h1-6H. The van der Waals surface area contributed by atoms with Crippen LogP contribution < -0.4 is 4.74 Å². The van der Waals surface area contributed by atoms with Crippen molar-refractivity contribution in [3.8, 4) is 17.6 Å². The highest BCUT2D eigenvalue weighted by atomic mass is 79.9. The van der Waals surface area contributed by atoms with E-state index in [4.69, 9.17) is 21.6 Å². The Morgan fingerprint density at radius 2 is 2.00 bits per heavy atom. The third kappa shape index (κ3) is 2.81. The molecule has 0 amide bonds. The molecule has 0 aromatic heterocycles. The lowest BCUT2D eigenvalue weighted by Crippen LogP contribution is -1.89. The molecule has 0 spiro atoms. The van der Waals surface area contributed by atoms with E-state index in [-0.39, 0.29) is 0 Å². The molecule has 0 fully saturated rings. The van der Waals surface area contributed by atoms with Crippen molar-refractivity contribution in [2.45, 2.75) is 0 Å². The summed E-state index contributed by atoms with van der Waals surface area (Å²) in [6.07, 6.45) is 0. The van der Waals surface area contributed by atoms with Gasteiger partial charge < -0.3 is 4.74 Å². The summed E-state index contributed by atoms with van der Waals surface area (Å²) in [4.78, 5) is 0. The highest BCUT2D eigenvalue weighted by Gasteiger charge is 2.07. The first-order valence-corrected chi connectivity index (χ1v) is 6.10. The number of hydrogen-bond acceptors (Lipinski definition) is 2. The van der Waals surface area contributed by atoms with Crippen LogP contribution in [0.5, 0.6) is 11.5 Å². The third-order valence-electron chi connectivity index (χ3n) is 2.18. The molecule has 2 aromatic rings. The molecule has 0 saturated carbocycles. The number of nitrogens with zero attached hydrogens (tertiary/aromatic N) is 1. The Morgan fingerprint density at radius 3 is 2.67 bits per heavy atom. The summed E-state index contributed by atoms with van der Waals surface area (Å²) >= 11 is 8.88. The molecule has 2 rings (SSSR count). The van der Waals surface area contributed by atoms with Gasteiger partial charge in [-0.3, -0.25) is 0 Å². The van der Waals surface area contributed by atoms with E-state index in [1.807, 2.05) is 6.07 Å². The summed E-state index contributed by atoms with van der Waals surface area (Å²) in [5.41, 5.74) is 0.336. The summed E-state index contributed by atoms with van der Waals surface area (Å²) in [6, 6.07) is 11.0. The van der Waals surface area contributed by atoms with Gasteiger partial charge in [-0.1, -0.05) is 11.6 Å². The molecule has 0 aliphatic rings. The average molecular weight is 327 g/mol. The van der Waals surface area contributed by atoms with E-state index < -0.39 is 5.82 Å². The van der Waals surface area contributed by atoms with Gasteiger partial charge in [0.1, 0.15) is 23.4 Å². The van der Waals surface area contributed by atoms with Gasteiger partial charge in [0.05, 0.1) is 10.0 Å². The fraction of sp³-hybridized carbons (Fsp3) is 0. The first-order valence-electron chi connectivity index (χ1n) is 4.92. The lowest BCUT2D eigenvalue weighted by Gasteiger charge is -2.08. The molecule has 0 unspecified atom stereocenters. The first-order chi connectivity index (χ1) is 8.60. The SMILES string of the molecule is N#Cc1ccc(Cl)cc1Oc1ccc(Br)c(F)c1. The molecule has 2 aromatic carbocycles. The Hall–Kier alpha value is -1.57. The second-order valence-electron chi connectivity index (χ2n) is 3.43. The van der Waals surface area contributed by atoms with Crippen molar-refractivity contribution in [1.29, 1.82) is 5.26 Å². The molecule has 0 radical (unpaired) electrons. The number of rotatable bonds is 2. The largest absolute Gasteiger partial charge is 0.456 e. The topological polar surface area (TPSA) is 33.0 Å². The Labute approximate surface area is 117 Å². The predicted molar refractivity (Wildman–Crippen MR) is 70.3 cm³/mol. The van der Waals surface area contributed by atoms with Gasteiger partial charge >= 0.3 is 0 Å². The lowest BCUT2D eigenvalue weighted by atomic mass is 10.2. The molecule has 0 aliphatic heterocycles. The van der Waals surface area contributed by atoms with Crippen LogP contribution in [0.1, 0.15) is 5.56 Å². The molecule has 90 valence electrons. The predicted octanol–water partition coefficient (Wildman–Crippen LogP) is 4.91. The minimum atomic E-state index is -0.437. The molecule has 18 heavy (non-hydrogen) atoms. The maximum atomic E-state index is 13.3. The van der Waals surface area contributed by atoms with Crippen LogP contribution in [0.25, 0.3) is 0 Å². The molecule has 0 saturated heterocycles. The Bertz CT molecular complexity index is 639. The molecule has 2 nitrogen and oxygen atoms in total. The van der Waals surface area contributed by atoms with Crippen molar-refractivity contribution in [2.24, 2.45) is 0 Å². The summed E-state index contributed by atoms with van der Waals surface area (Å²) in [5.74, 6) is 0.161. The zero-order valence-electron chi connectivity index (χ0n) is 8.95. The Morgan fingerprint density at radius 1 is 1.22 bits per heavy atom. The number of halogens is 3. The molecule has 0 heterocycles. The van der Waals surface area contributed by atoms with E-state index in [1.54, 1.807) is 18.2 Å². The van der Waals surface area contributed by atoms with Crippen LogP contribution in [-0.2, 0) is 0 Å². The minimum Gasteiger partial charge on any atom is -0.456 e. The van der Waals surface area contributed by atoms with Gasteiger partial charge in [0, 0.05) is 17.2 Å². The van der Waals surface area contributed by atoms with Crippen LogP contribution in [0, 0.1) is 17.1 Å². The smallest absolute Gasteiger partial charge is 0.146 e. The van der Waals surface area contributed by atoms with Gasteiger partial charge in [0.25, 0.3) is 0 Å². The minimum absolute atomic E-state index is 0.298. The van der Waals surface area contributed by atoms with E-state index in [2.05, 4.69) is 15.9 Å². The summed E-state index contributed by atoms with van der Waals surface area (Å²) in [7, 11) is 0. The van der Waals surface area contributed by atoms with Gasteiger partial charge in [-0.05, 0) is 40.2 Å². The molecule has 0 aliphatic carbocycles. The molecule has 0 N–H and O–H groups in total. The first kappa shape index (κ1) is 12.9. The van der Waals surface area contributed by atoms with Gasteiger partial charge in [-0.15, -0.1) is 0 Å². The average Bonchev–Trinajstić information content (AvgIpc) is 2.34. The molecule has 0 bridgehead atoms. The van der Waals surface area contributed by atoms with Crippen molar-refractivity contribution in [3.05, 3.63) is 57.3 Å². The molecular weight excluding hydrogens is 321 g/mol. The molecule has 5 heteroatoms. The van der Waals surface area contributed by atoms with Crippen molar-refractivity contribution in [1.82, 2.24) is 0 Å². The highest BCUT2D eigenvalue weighted by molar-refractivity contribution is 9.10. The van der Waals surface area contributed by atoms with Gasteiger partial charge in [0.2, 0.25) is 0 Å². The zero-order chi connectivity index (χ0) is 13.1. The van der Waals surface area contributed by atoms with E-state index in [9.17, 15) is 4.39 Å². The van der Waals surface area contributed by atoms with Crippen molar-refractivity contribution in [2.75, 3.05) is 0 Å². The maximum Gasteiger partial charge on any atom is 0.146 e. The van der Waals surface area contributed by atoms with Crippen LogP contribution in [0.4, 0.5) is 4.39 Å². The van der Waals surface area contributed by atoms with Crippen molar-refractivity contribution in [3.63, 3.8) is 0 Å². The Balaban J connectivity index is 2.36. The number of benzene rings is 2. The molecular formula is C13H6BrClFNO.